The number of ether oxygens (including phenoxy) is 1. The third kappa shape index (κ3) is 6.40. The van der Waals surface area contributed by atoms with Gasteiger partial charge in [0, 0.05) is 39.5 Å². The van der Waals surface area contributed by atoms with Crippen LogP contribution in [0.15, 0.2) is 29.2 Å². The van der Waals surface area contributed by atoms with Crippen LogP contribution in [0, 0.1) is 11.3 Å². The number of nitriles is 1. The molecule has 0 bridgehead atoms. The van der Waals surface area contributed by atoms with Gasteiger partial charge in [0.05, 0.1) is 0 Å². The first-order valence-corrected chi connectivity index (χ1v) is 8.85. The van der Waals surface area contributed by atoms with Crippen LogP contribution in [0.2, 0.25) is 0 Å². The summed E-state index contributed by atoms with van der Waals surface area (Å²) in [5.41, 5.74) is 1.66. The van der Waals surface area contributed by atoms with E-state index in [1.165, 1.54) is 6.08 Å². The monoisotopic (exact) mass is 337 g/mol. The number of anilines is 1. The third-order valence-corrected chi connectivity index (χ3v) is 4.44. The van der Waals surface area contributed by atoms with Gasteiger partial charge in [-0.15, -0.1) is 0 Å². The van der Waals surface area contributed by atoms with Gasteiger partial charge in [-0.2, -0.15) is 5.26 Å². The molecule has 0 spiro atoms. The van der Waals surface area contributed by atoms with Crippen molar-refractivity contribution in [3.8, 4) is 6.07 Å². The first kappa shape index (κ1) is 19.2. The minimum Gasteiger partial charge on any atom is -0.382 e. The molecular formula is C16H23N3O3S. The van der Waals surface area contributed by atoms with Gasteiger partial charge in [0.25, 0.3) is 10.0 Å². The van der Waals surface area contributed by atoms with Crippen LogP contribution in [0.4, 0.5) is 5.69 Å². The predicted octanol–water partition coefficient (Wildman–Crippen LogP) is 1.96. The van der Waals surface area contributed by atoms with Crippen molar-refractivity contribution in [2.45, 2.75) is 13.3 Å². The maximum Gasteiger partial charge on any atom is 0.250 e. The average Bonchev–Trinajstić information content (AvgIpc) is 2.52. The lowest BCUT2D eigenvalue weighted by atomic mass is 10.2. The van der Waals surface area contributed by atoms with Crippen molar-refractivity contribution in [3.63, 3.8) is 0 Å². The summed E-state index contributed by atoms with van der Waals surface area (Å²) in [5.74, 6) is 0. The highest BCUT2D eigenvalue weighted by Crippen LogP contribution is 2.16. The van der Waals surface area contributed by atoms with Crippen LogP contribution in [0.5, 0.6) is 0 Å². The smallest absolute Gasteiger partial charge is 0.250 e. The zero-order valence-corrected chi connectivity index (χ0v) is 14.6. The maximum absolute atomic E-state index is 12.1. The van der Waals surface area contributed by atoms with Crippen LogP contribution in [-0.2, 0) is 14.8 Å². The topological polar surface area (TPSA) is 82.4 Å². The summed E-state index contributed by atoms with van der Waals surface area (Å²) in [6.07, 6.45) is 1.92. The van der Waals surface area contributed by atoms with E-state index < -0.39 is 10.0 Å². The Hall–Kier alpha value is -1.88. The van der Waals surface area contributed by atoms with Gasteiger partial charge in [-0.05, 0) is 37.1 Å². The summed E-state index contributed by atoms with van der Waals surface area (Å²) in [6, 6.07) is 9.03. The summed E-state index contributed by atoms with van der Waals surface area (Å²) < 4.78 is 31.8. The molecule has 0 amide bonds. The van der Waals surface area contributed by atoms with E-state index in [0.29, 0.717) is 25.2 Å². The van der Waals surface area contributed by atoms with Crippen LogP contribution in [-0.4, -0.2) is 42.3 Å². The van der Waals surface area contributed by atoms with Crippen molar-refractivity contribution < 1.29 is 13.2 Å². The van der Waals surface area contributed by atoms with Gasteiger partial charge in [0.2, 0.25) is 0 Å². The van der Waals surface area contributed by atoms with Crippen LogP contribution in [0.1, 0.15) is 18.9 Å². The second-order valence-electron chi connectivity index (χ2n) is 5.05. The van der Waals surface area contributed by atoms with E-state index in [2.05, 4.69) is 4.72 Å². The van der Waals surface area contributed by atoms with Crippen molar-refractivity contribution in [1.29, 1.82) is 5.26 Å². The molecule has 23 heavy (non-hydrogen) atoms. The molecule has 0 aliphatic heterocycles. The fourth-order valence-electron chi connectivity index (χ4n) is 1.79. The molecule has 1 aromatic carbocycles. The van der Waals surface area contributed by atoms with Crippen molar-refractivity contribution in [3.05, 3.63) is 34.7 Å². The Balaban J connectivity index is 2.79. The molecule has 0 aromatic heterocycles. The van der Waals surface area contributed by atoms with E-state index in [0.717, 1.165) is 5.69 Å². The summed E-state index contributed by atoms with van der Waals surface area (Å²) in [5, 5.41) is 9.14. The molecule has 0 aliphatic carbocycles. The lowest BCUT2D eigenvalue weighted by molar-refractivity contribution is 0.146. The van der Waals surface area contributed by atoms with E-state index in [1.807, 2.05) is 38.1 Å². The largest absolute Gasteiger partial charge is 0.382 e. The molecule has 1 aromatic rings. The van der Waals surface area contributed by atoms with Gasteiger partial charge >= 0.3 is 0 Å². The zero-order chi connectivity index (χ0) is 17.3. The van der Waals surface area contributed by atoms with Gasteiger partial charge in [-0.25, -0.2) is 13.1 Å². The molecule has 1 N–H and O–H groups in total. The van der Waals surface area contributed by atoms with Gasteiger partial charge in [0.15, 0.2) is 4.91 Å². The molecule has 0 atom stereocenters. The fraction of sp³-hybridized carbons (Fsp3) is 0.438. The minimum atomic E-state index is -3.80. The highest BCUT2D eigenvalue weighted by Gasteiger charge is 2.16. The standard InChI is InChI=1S/C16H23N3O3S/c1-4-22-11-5-10-18-23(20,21)16(13-17)12-14-6-8-15(9-7-14)19(2)3/h6-9,12,18H,4-5,10-11H2,1-3H3/b16-12+. The Morgan fingerprint density at radius 1 is 1.35 bits per heavy atom. The maximum atomic E-state index is 12.1. The first-order chi connectivity index (χ1) is 10.9. The Morgan fingerprint density at radius 3 is 2.52 bits per heavy atom. The number of sulfonamides is 1. The van der Waals surface area contributed by atoms with Crippen LogP contribution in [0.25, 0.3) is 6.08 Å². The third-order valence-electron chi connectivity index (χ3n) is 3.07. The molecule has 0 aliphatic rings. The Kier molecular flexibility index (Phi) is 7.75. The van der Waals surface area contributed by atoms with Crippen molar-refractivity contribution in [2.24, 2.45) is 0 Å². The molecule has 0 saturated carbocycles. The minimum absolute atomic E-state index is 0.237. The molecule has 0 fully saturated rings. The van der Waals surface area contributed by atoms with E-state index in [1.54, 1.807) is 18.2 Å². The van der Waals surface area contributed by atoms with Crippen molar-refractivity contribution >= 4 is 21.8 Å². The van der Waals surface area contributed by atoms with Gasteiger partial charge < -0.3 is 9.64 Å². The molecule has 126 valence electrons. The molecule has 1 rings (SSSR count). The normalized spacial score (nSPS) is 12.0. The SMILES string of the molecule is CCOCCCNS(=O)(=O)/C(C#N)=C/c1ccc(N(C)C)cc1. The Labute approximate surface area is 138 Å². The number of allylic oxidation sites excluding steroid dienone is 1. The van der Waals surface area contributed by atoms with Crippen LogP contribution >= 0.6 is 0 Å². The van der Waals surface area contributed by atoms with Crippen LogP contribution in [0.3, 0.4) is 0 Å². The molecular weight excluding hydrogens is 314 g/mol. The Morgan fingerprint density at radius 2 is 2.00 bits per heavy atom. The van der Waals surface area contributed by atoms with E-state index in [-0.39, 0.29) is 11.4 Å². The van der Waals surface area contributed by atoms with Gasteiger partial charge in [0.1, 0.15) is 6.07 Å². The first-order valence-electron chi connectivity index (χ1n) is 7.37. The lowest BCUT2D eigenvalue weighted by Crippen LogP contribution is -2.26. The summed E-state index contributed by atoms with van der Waals surface area (Å²) in [6.45, 7) is 3.19. The summed E-state index contributed by atoms with van der Waals surface area (Å²) >= 11 is 0. The van der Waals surface area contributed by atoms with E-state index in [4.69, 9.17) is 10.00 Å². The zero-order valence-electron chi connectivity index (χ0n) is 13.7. The van der Waals surface area contributed by atoms with E-state index in [9.17, 15) is 8.42 Å². The number of nitrogens with zero attached hydrogens (tertiary/aromatic N) is 2. The quantitative estimate of drug-likeness (QED) is 0.550. The summed E-state index contributed by atoms with van der Waals surface area (Å²) in [7, 11) is 0.0374. The molecule has 7 heteroatoms. The van der Waals surface area contributed by atoms with Crippen molar-refractivity contribution in [2.75, 3.05) is 38.8 Å². The number of hydrogen-bond donors (Lipinski definition) is 1. The molecule has 0 saturated heterocycles. The van der Waals surface area contributed by atoms with E-state index >= 15 is 0 Å². The van der Waals surface area contributed by atoms with Gasteiger partial charge in [-0.1, -0.05) is 12.1 Å². The number of hydrogen-bond acceptors (Lipinski definition) is 5. The predicted molar refractivity (Wildman–Crippen MR) is 92.4 cm³/mol. The second kappa shape index (κ2) is 9.30. The highest BCUT2D eigenvalue weighted by molar-refractivity contribution is 7.93. The number of benzene rings is 1. The Bertz CT molecular complexity index is 659. The molecule has 6 nitrogen and oxygen atoms in total. The fourth-order valence-corrected chi connectivity index (χ4v) is 2.77. The summed E-state index contributed by atoms with van der Waals surface area (Å²) in [4.78, 5) is 1.64. The number of nitrogens with one attached hydrogen (secondary N) is 1. The van der Waals surface area contributed by atoms with Crippen molar-refractivity contribution in [1.82, 2.24) is 4.72 Å². The highest BCUT2D eigenvalue weighted by atomic mass is 32.2. The molecule has 0 radical (unpaired) electrons. The number of rotatable bonds is 9. The van der Waals surface area contributed by atoms with Gasteiger partial charge in [-0.3, -0.25) is 0 Å². The average molecular weight is 337 g/mol. The van der Waals surface area contributed by atoms with Crippen LogP contribution < -0.4 is 9.62 Å². The molecule has 0 heterocycles. The second-order valence-corrected chi connectivity index (χ2v) is 6.79. The lowest BCUT2D eigenvalue weighted by Gasteiger charge is -2.12. The molecule has 0 unspecified atom stereocenters.